The maximum Gasteiger partial charge on any atom is 0.237 e. The van der Waals surface area contributed by atoms with Crippen molar-refractivity contribution in [2.45, 2.75) is 57.5 Å². The standard InChI is InChI=1S/C12H23N3O2/c1-9(13)6-7-12(17)15(8-11(14)16)10-4-2-3-5-10/h9-10H,2-8,13H2,1H3,(H2,14,16). The molecule has 17 heavy (non-hydrogen) atoms. The lowest BCUT2D eigenvalue weighted by Gasteiger charge is -2.28. The van der Waals surface area contributed by atoms with Crippen LogP contribution in [0.15, 0.2) is 0 Å². The van der Waals surface area contributed by atoms with Crippen LogP contribution in [0.5, 0.6) is 0 Å². The summed E-state index contributed by atoms with van der Waals surface area (Å²) in [6, 6.07) is 0.209. The van der Waals surface area contributed by atoms with E-state index in [-0.39, 0.29) is 24.5 Å². The van der Waals surface area contributed by atoms with Gasteiger partial charge < -0.3 is 16.4 Å². The van der Waals surface area contributed by atoms with Crippen LogP contribution in [0, 0.1) is 0 Å². The summed E-state index contributed by atoms with van der Waals surface area (Å²) in [5.74, 6) is -0.431. The molecule has 1 aliphatic carbocycles. The van der Waals surface area contributed by atoms with Gasteiger partial charge in [-0.3, -0.25) is 9.59 Å². The van der Waals surface area contributed by atoms with Crippen LogP contribution in [-0.2, 0) is 9.59 Å². The van der Waals surface area contributed by atoms with Crippen molar-refractivity contribution in [1.29, 1.82) is 0 Å². The van der Waals surface area contributed by atoms with E-state index in [1.54, 1.807) is 4.90 Å². The van der Waals surface area contributed by atoms with Gasteiger partial charge in [0.2, 0.25) is 11.8 Å². The summed E-state index contributed by atoms with van der Waals surface area (Å²) in [7, 11) is 0. The van der Waals surface area contributed by atoms with Crippen molar-refractivity contribution >= 4 is 11.8 Å². The molecule has 0 saturated heterocycles. The van der Waals surface area contributed by atoms with Gasteiger partial charge in [0.25, 0.3) is 0 Å². The molecule has 0 heterocycles. The highest BCUT2D eigenvalue weighted by Crippen LogP contribution is 2.24. The van der Waals surface area contributed by atoms with Crippen LogP contribution in [0.1, 0.15) is 45.4 Å². The van der Waals surface area contributed by atoms with E-state index in [0.29, 0.717) is 12.8 Å². The molecular formula is C12H23N3O2. The number of hydrogen-bond donors (Lipinski definition) is 2. The number of nitrogens with two attached hydrogens (primary N) is 2. The molecule has 5 heteroatoms. The lowest BCUT2D eigenvalue weighted by Crippen LogP contribution is -2.44. The number of carbonyl (C=O) groups is 2. The fourth-order valence-electron chi connectivity index (χ4n) is 2.30. The molecule has 4 N–H and O–H groups in total. The van der Waals surface area contributed by atoms with Crippen molar-refractivity contribution in [1.82, 2.24) is 4.90 Å². The van der Waals surface area contributed by atoms with Gasteiger partial charge in [0.15, 0.2) is 0 Å². The summed E-state index contributed by atoms with van der Waals surface area (Å²) in [5, 5.41) is 0. The third-order valence-electron chi connectivity index (χ3n) is 3.23. The van der Waals surface area contributed by atoms with Gasteiger partial charge >= 0.3 is 0 Å². The Bertz CT molecular complexity index is 273. The predicted molar refractivity (Wildman–Crippen MR) is 66.0 cm³/mol. The summed E-state index contributed by atoms with van der Waals surface area (Å²) in [5.41, 5.74) is 10.8. The van der Waals surface area contributed by atoms with Gasteiger partial charge in [0.05, 0.1) is 6.54 Å². The fourth-order valence-corrected chi connectivity index (χ4v) is 2.30. The molecule has 0 aromatic carbocycles. The molecule has 1 atom stereocenters. The molecule has 0 spiro atoms. The number of nitrogens with zero attached hydrogens (tertiary/aromatic N) is 1. The van der Waals surface area contributed by atoms with E-state index in [9.17, 15) is 9.59 Å². The molecule has 98 valence electrons. The van der Waals surface area contributed by atoms with Crippen LogP contribution in [0.3, 0.4) is 0 Å². The molecule has 0 aromatic heterocycles. The van der Waals surface area contributed by atoms with E-state index in [1.165, 1.54) is 0 Å². The van der Waals surface area contributed by atoms with E-state index in [2.05, 4.69) is 0 Å². The van der Waals surface area contributed by atoms with Crippen molar-refractivity contribution < 1.29 is 9.59 Å². The Morgan fingerprint density at radius 3 is 2.41 bits per heavy atom. The first-order valence-electron chi connectivity index (χ1n) is 6.34. The highest BCUT2D eigenvalue weighted by atomic mass is 16.2. The van der Waals surface area contributed by atoms with Crippen LogP contribution in [-0.4, -0.2) is 35.3 Å². The number of amides is 2. The van der Waals surface area contributed by atoms with Crippen LogP contribution >= 0.6 is 0 Å². The zero-order valence-corrected chi connectivity index (χ0v) is 10.5. The Labute approximate surface area is 103 Å². The van der Waals surface area contributed by atoms with Crippen LogP contribution < -0.4 is 11.5 Å². The van der Waals surface area contributed by atoms with Gasteiger partial charge in [-0.1, -0.05) is 12.8 Å². The van der Waals surface area contributed by atoms with E-state index < -0.39 is 5.91 Å². The van der Waals surface area contributed by atoms with E-state index in [4.69, 9.17) is 11.5 Å². The first-order valence-corrected chi connectivity index (χ1v) is 6.34. The van der Waals surface area contributed by atoms with Crippen molar-refractivity contribution in [2.24, 2.45) is 11.5 Å². The SMILES string of the molecule is CC(N)CCC(=O)N(CC(N)=O)C1CCCC1. The van der Waals surface area contributed by atoms with Gasteiger partial charge in [-0.05, 0) is 26.2 Å². The van der Waals surface area contributed by atoms with Crippen molar-refractivity contribution in [3.8, 4) is 0 Å². The second kappa shape index (κ2) is 6.59. The van der Waals surface area contributed by atoms with E-state index in [0.717, 1.165) is 25.7 Å². The van der Waals surface area contributed by atoms with E-state index in [1.807, 2.05) is 6.92 Å². The molecule has 1 aliphatic rings. The Kier molecular flexibility index (Phi) is 5.41. The molecule has 1 saturated carbocycles. The van der Waals surface area contributed by atoms with Crippen LogP contribution in [0.4, 0.5) is 0 Å². The number of hydrogen-bond acceptors (Lipinski definition) is 3. The summed E-state index contributed by atoms with van der Waals surface area (Å²) in [6.07, 6.45) is 5.28. The molecule has 1 fully saturated rings. The molecule has 1 rings (SSSR count). The quantitative estimate of drug-likeness (QED) is 0.704. The molecule has 0 aromatic rings. The molecular weight excluding hydrogens is 218 g/mol. The minimum absolute atomic E-state index is 0.00741. The normalized spacial score (nSPS) is 18.0. The van der Waals surface area contributed by atoms with Gasteiger partial charge in [-0.25, -0.2) is 0 Å². The summed E-state index contributed by atoms with van der Waals surface area (Å²) in [4.78, 5) is 24.7. The third-order valence-corrected chi connectivity index (χ3v) is 3.23. The third kappa shape index (κ3) is 4.73. The first-order chi connectivity index (χ1) is 8.00. The first kappa shape index (κ1) is 14.0. The smallest absolute Gasteiger partial charge is 0.237 e. The summed E-state index contributed by atoms with van der Waals surface area (Å²) < 4.78 is 0. The molecule has 1 unspecified atom stereocenters. The molecule has 0 radical (unpaired) electrons. The minimum Gasteiger partial charge on any atom is -0.368 e. The largest absolute Gasteiger partial charge is 0.368 e. The zero-order valence-electron chi connectivity index (χ0n) is 10.5. The number of carbonyl (C=O) groups excluding carboxylic acids is 2. The molecule has 5 nitrogen and oxygen atoms in total. The fraction of sp³-hybridized carbons (Fsp3) is 0.833. The minimum atomic E-state index is -0.439. The lowest BCUT2D eigenvalue weighted by atomic mass is 10.1. The monoisotopic (exact) mass is 241 g/mol. The van der Waals surface area contributed by atoms with Gasteiger partial charge in [-0.2, -0.15) is 0 Å². The second-order valence-corrected chi connectivity index (χ2v) is 4.94. The van der Waals surface area contributed by atoms with Crippen molar-refractivity contribution in [3.05, 3.63) is 0 Å². The molecule has 0 aliphatic heterocycles. The Morgan fingerprint density at radius 1 is 1.35 bits per heavy atom. The Morgan fingerprint density at radius 2 is 1.94 bits per heavy atom. The Hall–Kier alpha value is -1.10. The highest BCUT2D eigenvalue weighted by Gasteiger charge is 2.27. The van der Waals surface area contributed by atoms with Crippen LogP contribution in [0.25, 0.3) is 0 Å². The highest BCUT2D eigenvalue weighted by molar-refractivity contribution is 5.84. The second-order valence-electron chi connectivity index (χ2n) is 4.94. The molecule has 0 bridgehead atoms. The number of rotatable bonds is 6. The van der Waals surface area contributed by atoms with Crippen molar-refractivity contribution in [2.75, 3.05) is 6.54 Å². The summed E-state index contributed by atoms with van der Waals surface area (Å²) >= 11 is 0. The average molecular weight is 241 g/mol. The van der Waals surface area contributed by atoms with Gasteiger partial charge in [0.1, 0.15) is 0 Å². The zero-order chi connectivity index (χ0) is 12.8. The Balaban J connectivity index is 2.54. The number of primary amides is 1. The molecule has 2 amide bonds. The lowest BCUT2D eigenvalue weighted by molar-refractivity contribution is -0.137. The average Bonchev–Trinajstić information content (AvgIpc) is 2.75. The maximum absolute atomic E-state index is 12.0. The predicted octanol–water partition coefficient (Wildman–Crippen LogP) is 0.370. The summed E-state index contributed by atoms with van der Waals surface area (Å²) in [6.45, 7) is 1.92. The van der Waals surface area contributed by atoms with Gasteiger partial charge in [-0.15, -0.1) is 0 Å². The van der Waals surface area contributed by atoms with Crippen molar-refractivity contribution in [3.63, 3.8) is 0 Å². The van der Waals surface area contributed by atoms with E-state index >= 15 is 0 Å². The van der Waals surface area contributed by atoms with Gasteiger partial charge in [0, 0.05) is 18.5 Å². The maximum atomic E-state index is 12.0. The topological polar surface area (TPSA) is 89.4 Å². The van der Waals surface area contributed by atoms with Crippen LogP contribution in [0.2, 0.25) is 0 Å².